The number of carbonyl (C=O) groups excluding carboxylic acids is 1. The number of halogens is 2. The molecular formula is C22H16Cl2N6O. The van der Waals surface area contributed by atoms with Gasteiger partial charge in [-0.1, -0.05) is 71.7 Å². The van der Waals surface area contributed by atoms with Gasteiger partial charge in [0.2, 0.25) is 5.82 Å². The Hall–Kier alpha value is -3.55. The summed E-state index contributed by atoms with van der Waals surface area (Å²) in [6.07, 6.45) is 1.46. The zero-order chi connectivity index (χ0) is 21.6. The molecule has 1 amide bonds. The fourth-order valence-corrected chi connectivity index (χ4v) is 3.23. The van der Waals surface area contributed by atoms with Crippen molar-refractivity contribution in [2.75, 3.05) is 0 Å². The number of hydrazone groups is 1. The maximum atomic E-state index is 12.3. The van der Waals surface area contributed by atoms with Crippen LogP contribution in [0.15, 0.2) is 77.9 Å². The molecule has 0 saturated heterocycles. The van der Waals surface area contributed by atoms with Crippen LogP contribution in [0.25, 0.3) is 11.4 Å². The van der Waals surface area contributed by atoms with Gasteiger partial charge in [-0.25, -0.2) is 5.43 Å². The maximum Gasteiger partial charge on any atom is 0.271 e. The topological polar surface area (TPSA) is 85.1 Å². The first-order valence-corrected chi connectivity index (χ1v) is 10.0. The number of carbonyl (C=O) groups is 1. The Morgan fingerprint density at radius 3 is 2.55 bits per heavy atom. The monoisotopic (exact) mass is 450 g/mol. The molecule has 0 spiro atoms. The standard InChI is InChI=1S/C22H16Cl2N6O/c23-19-11-10-18(20(24)12-19)13-25-27-22(31)17-8-6-15(7-9-17)14-30-28-21(26-29-30)16-4-2-1-3-5-16/h1-13H,14H2,(H,27,31)/b25-13+. The van der Waals surface area contributed by atoms with E-state index in [2.05, 4.69) is 25.9 Å². The lowest BCUT2D eigenvalue weighted by atomic mass is 10.1. The summed E-state index contributed by atoms with van der Waals surface area (Å²) in [7, 11) is 0. The van der Waals surface area contributed by atoms with Gasteiger partial charge in [-0.15, -0.1) is 10.2 Å². The Balaban J connectivity index is 1.36. The van der Waals surface area contributed by atoms with Crippen LogP contribution >= 0.6 is 23.2 Å². The molecule has 0 fully saturated rings. The van der Waals surface area contributed by atoms with Crippen molar-refractivity contribution >= 4 is 35.3 Å². The first-order valence-electron chi connectivity index (χ1n) is 9.29. The largest absolute Gasteiger partial charge is 0.271 e. The van der Waals surface area contributed by atoms with E-state index in [9.17, 15) is 4.79 Å². The molecule has 154 valence electrons. The number of amides is 1. The van der Waals surface area contributed by atoms with E-state index in [1.54, 1.807) is 30.3 Å². The van der Waals surface area contributed by atoms with Crippen LogP contribution in [0.3, 0.4) is 0 Å². The Morgan fingerprint density at radius 2 is 1.81 bits per heavy atom. The van der Waals surface area contributed by atoms with E-state index in [1.165, 1.54) is 11.0 Å². The summed E-state index contributed by atoms with van der Waals surface area (Å²) in [5, 5.41) is 17.5. The van der Waals surface area contributed by atoms with E-state index in [0.29, 0.717) is 33.5 Å². The number of hydrogen-bond donors (Lipinski definition) is 1. The molecule has 1 heterocycles. The quantitative estimate of drug-likeness (QED) is 0.347. The van der Waals surface area contributed by atoms with Gasteiger partial charge in [0.05, 0.1) is 17.8 Å². The summed E-state index contributed by atoms with van der Waals surface area (Å²) in [5.41, 5.74) is 5.44. The van der Waals surface area contributed by atoms with E-state index in [4.69, 9.17) is 23.2 Å². The summed E-state index contributed by atoms with van der Waals surface area (Å²) in [5.74, 6) is 0.230. The Morgan fingerprint density at radius 1 is 1.03 bits per heavy atom. The van der Waals surface area contributed by atoms with Crippen molar-refractivity contribution in [3.05, 3.63) is 99.5 Å². The summed E-state index contributed by atoms with van der Waals surface area (Å²) < 4.78 is 0. The normalized spacial score (nSPS) is 11.0. The summed E-state index contributed by atoms with van der Waals surface area (Å²) in [6.45, 7) is 0.439. The average molecular weight is 451 g/mol. The Bertz CT molecular complexity index is 1220. The van der Waals surface area contributed by atoms with Gasteiger partial charge in [-0.05, 0) is 35.0 Å². The molecule has 0 unspecified atom stereocenters. The molecule has 0 atom stereocenters. The van der Waals surface area contributed by atoms with Gasteiger partial charge in [0.25, 0.3) is 5.91 Å². The SMILES string of the molecule is O=C(N/N=C/c1ccc(Cl)cc1Cl)c1ccc(Cn2nnc(-c3ccccc3)n2)cc1. The fourth-order valence-electron chi connectivity index (χ4n) is 2.77. The van der Waals surface area contributed by atoms with Crippen LogP contribution in [0.4, 0.5) is 0 Å². The number of aromatic nitrogens is 4. The number of nitrogens with zero attached hydrogens (tertiary/aromatic N) is 5. The van der Waals surface area contributed by atoms with Crippen molar-refractivity contribution in [3.8, 4) is 11.4 Å². The van der Waals surface area contributed by atoms with Gasteiger partial charge in [0.15, 0.2) is 0 Å². The highest BCUT2D eigenvalue weighted by molar-refractivity contribution is 6.36. The second-order valence-electron chi connectivity index (χ2n) is 6.57. The molecule has 31 heavy (non-hydrogen) atoms. The molecule has 0 bridgehead atoms. The minimum atomic E-state index is -0.335. The highest BCUT2D eigenvalue weighted by Gasteiger charge is 2.08. The van der Waals surface area contributed by atoms with Gasteiger partial charge >= 0.3 is 0 Å². The van der Waals surface area contributed by atoms with Gasteiger partial charge < -0.3 is 0 Å². The smallest absolute Gasteiger partial charge is 0.267 e. The minimum absolute atomic E-state index is 0.335. The molecule has 0 aliphatic carbocycles. The van der Waals surface area contributed by atoms with E-state index in [-0.39, 0.29) is 5.91 Å². The van der Waals surface area contributed by atoms with Crippen LogP contribution in [-0.4, -0.2) is 32.3 Å². The van der Waals surface area contributed by atoms with E-state index in [0.717, 1.165) is 11.1 Å². The third-order valence-electron chi connectivity index (χ3n) is 4.36. The second-order valence-corrected chi connectivity index (χ2v) is 7.41. The maximum absolute atomic E-state index is 12.3. The van der Waals surface area contributed by atoms with Crippen LogP contribution in [-0.2, 0) is 6.54 Å². The molecule has 0 aliphatic heterocycles. The average Bonchev–Trinajstić information content (AvgIpc) is 3.25. The Labute approximate surface area is 188 Å². The molecule has 7 nitrogen and oxygen atoms in total. The molecule has 4 rings (SSSR count). The number of nitrogens with one attached hydrogen (secondary N) is 1. The lowest BCUT2D eigenvalue weighted by Crippen LogP contribution is -2.17. The molecule has 0 radical (unpaired) electrons. The number of rotatable bonds is 6. The van der Waals surface area contributed by atoms with Crippen molar-refractivity contribution in [2.45, 2.75) is 6.54 Å². The number of benzene rings is 3. The highest BCUT2D eigenvalue weighted by atomic mass is 35.5. The van der Waals surface area contributed by atoms with E-state index in [1.807, 2.05) is 42.5 Å². The van der Waals surface area contributed by atoms with Crippen molar-refractivity contribution < 1.29 is 4.79 Å². The zero-order valence-corrected chi connectivity index (χ0v) is 17.6. The van der Waals surface area contributed by atoms with Crippen molar-refractivity contribution in [1.29, 1.82) is 0 Å². The van der Waals surface area contributed by atoms with E-state index >= 15 is 0 Å². The lowest BCUT2D eigenvalue weighted by molar-refractivity contribution is 0.0955. The summed E-state index contributed by atoms with van der Waals surface area (Å²) in [4.78, 5) is 13.8. The third-order valence-corrected chi connectivity index (χ3v) is 4.92. The molecule has 9 heteroatoms. The lowest BCUT2D eigenvalue weighted by Gasteiger charge is -2.03. The van der Waals surface area contributed by atoms with Crippen LogP contribution < -0.4 is 5.43 Å². The first-order chi connectivity index (χ1) is 15.1. The van der Waals surface area contributed by atoms with Gasteiger partial charge in [-0.3, -0.25) is 4.79 Å². The van der Waals surface area contributed by atoms with Crippen molar-refractivity contribution in [3.63, 3.8) is 0 Å². The molecule has 4 aromatic rings. The van der Waals surface area contributed by atoms with Gasteiger partial charge in [-0.2, -0.15) is 9.90 Å². The fraction of sp³-hybridized carbons (Fsp3) is 0.0455. The first kappa shape index (κ1) is 20.7. The van der Waals surface area contributed by atoms with Crippen LogP contribution in [0.2, 0.25) is 10.0 Å². The molecule has 1 aromatic heterocycles. The van der Waals surface area contributed by atoms with Gasteiger partial charge in [0.1, 0.15) is 0 Å². The van der Waals surface area contributed by atoms with Crippen molar-refractivity contribution in [1.82, 2.24) is 25.6 Å². The molecular weight excluding hydrogens is 435 g/mol. The van der Waals surface area contributed by atoms with Crippen LogP contribution in [0, 0.1) is 0 Å². The van der Waals surface area contributed by atoms with E-state index < -0.39 is 0 Å². The van der Waals surface area contributed by atoms with Crippen molar-refractivity contribution in [2.24, 2.45) is 5.10 Å². The Kier molecular flexibility index (Phi) is 6.35. The predicted octanol–water partition coefficient (Wildman–Crippen LogP) is 4.46. The summed E-state index contributed by atoms with van der Waals surface area (Å²) >= 11 is 11.9. The molecule has 1 N–H and O–H groups in total. The third kappa shape index (κ3) is 5.33. The summed E-state index contributed by atoms with van der Waals surface area (Å²) in [6, 6.07) is 21.8. The number of tetrazole rings is 1. The number of hydrogen-bond acceptors (Lipinski definition) is 5. The molecule has 0 saturated carbocycles. The molecule has 3 aromatic carbocycles. The minimum Gasteiger partial charge on any atom is -0.267 e. The predicted molar refractivity (Wildman–Crippen MR) is 120 cm³/mol. The second kappa shape index (κ2) is 9.51. The molecule has 0 aliphatic rings. The van der Waals surface area contributed by atoms with Gasteiger partial charge in [0, 0.05) is 21.7 Å². The van der Waals surface area contributed by atoms with Crippen LogP contribution in [0.5, 0.6) is 0 Å². The zero-order valence-electron chi connectivity index (χ0n) is 16.1. The van der Waals surface area contributed by atoms with Crippen LogP contribution in [0.1, 0.15) is 21.5 Å². The highest BCUT2D eigenvalue weighted by Crippen LogP contribution is 2.19.